The summed E-state index contributed by atoms with van der Waals surface area (Å²) in [5.41, 5.74) is 7.18. The lowest BCUT2D eigenvalue weighted by molar-refractivity contribution is -0.120. The molecular formula is C13H19N3O3S. The highest BCUT2D eigenvalue weighted by molar-refractivity contribution is 7.88. The van der Waals surface area contributed by atoms with Crippen molar-refractivity contribution < 1.29 is 13.2 Å². The lowest BCUT2D eigenvalue weighted by Gasteiger charge is -2.20. The number of sulfonamides is 1. The number of hydrogen-bond donors (Lipinski definition) is 2. The second-order valence-electron chi connectivity index (χ2n) is 4.73. The average molecular weight is 297 g/mol. The van der Waals surface area contributed by atoms with Crippen molar-refractivity contribution in [1.29, 1.82) is 0 Å². The maximum atomic E-state index is 12.4. The molecule has 1 heterocycles. The van der Waals surface area contributed by atoms with Gasteiger partial charge in [-0.25, -0.2) is 8.42 Å². The summed E-state index contributed by atoms with van der Waals surface area (Å²) in [5.74, 6) is -0.181. The summed E-state index contributed by atoms with van der Waals surface area (Å²) >= 11 is 0. The zero-order valence-electron chi connectivity index (χ0n) is 11.2. The first kappa shape index (κ1) is 15.0. The molecule has 6 nitrogen and oxygen atoms in total. The molecule has 1 amide bonds. The Hall–Kier alpha value is -1.44. The Morgan fingerprint density at radius 1 is 1.20 bits per heavy atom. The van der Waals surface area contributed by atoms with Gasteiger partial charge in [-0.2, -0.15) is 4.31 Å². The Kier molecular flexibility index (Phi) is 4.74. The van der Waals surface area contributed by atoms with Crippen LogP contribution in [-0.4, -0.2) is 38.3 Å². The number of nitrogens with one attached hydrogen (secondary N) is 1. The Morgan fingerprint density at radius 3 is 2.60 bits per heavy atom. The van der Waals surface area contributed by atoms with Crippen molar-refractivity contribution >= 4 is 15.9 Å². The standard InChI is InChI=1S/C13H19N3O3S/c14-9-11-3-1-2-4-12(11)10-20(18,19)16-7-5-13(17)15-6-8-16/h1-4H,5-10,14H2,(H,15,17). The first-order valence-corrected chi connectivity index (χ1v) is 8.15. The number of nitrogens with zero attached hydrogens (tertiary/aromatic N) is 1. The van der Waals surface area contributed by atoms with E-state index in [1.165, 1.54) is 4.31 Å². The minimum absolute atomic E-state index is 0.0748. The molecule has 110 valence electrons. The molecule has 1 aromatic carbocycles. The summed E-state index contributed by atoms with van der Waals surface area (Å²) in [5, 5.41) is 2.67. The van der Waals surface area contributed by atoms with Gasteiger partial charge in [-0.15, -0.1) is 0 Å². The number of benzene rings is 1. The number of nitrogens with two attached hydrogens (primary N) is 1. The summed E-state index contributed by atoms with van der Waals surface area (Å²) < 4.78 is 26.2. The van der Waals surface area contributed by atoms with E-state index in [-0.39, 0.29) is 24.6 Å². The molecule has 1 aromatic rings. The molecule has 1 aliphatic rings. The molecular weight excluding hydrogens is 278 g/mol. The summed E-state index contributed by atoms with van der Waals surface area (Å²) in [6, 6.07) is 7.25. The fourth-order valence-corrected chi connectivity index (χ4v) is 3.81. The van der Waals surface area contributed by atoms with Crippen molar-refractivity contribution in [3.63, 3.8) is 0 Å². The molecule has 0 spiro atoms. The van der Waals surface area contributed by atoms with Crippen LogP contribution in [0.15, 0.2) is 24.3 Å². The quantitative estimate of drug-likeness (QED) is 0.805. The van der Waals surface area contributed by atoms with Crippen LogP contribution in [0.3, 0.4) is 0 Å². The maximum absolute atomic E-state index is 12.4. The highest BCUT2D eigenvalue weighted by atomic mass is 32.2. The van der Waals surface area contributed by atoms with Crippen molar-refractivity contribution in [2.45, 2.75) is 18.7 Å². The molecule has 20 heavy (non-hydrogen) atoms. The van der Waals surface area contributed by atoms with E-state index in [0.29, 0.717) is 19.6 Å². The fourth-order valence-electron chi connectivity index (χ4n) is 2.21. The van der Waals surface area contributed by atoms with Gasteiger partial charge in [0.05, 0.1) is 5.75 Å². The molecule has 0 saturated carbocycles. The molecule has 0 unspecified atom stereocenters. The fraction of sp³-hybridized carbons (Fsp3) is 0.462. The van der Waals surface area contributed by atoms with Crippen LogP contribution in [0.2, 0.25) is 0 Å². The smallest absolute Gasteiger partial charge is 0.221 e. The van der Waals surface area contributed by atoms with Crippen LogP contribution in [0.5, 0.6) is 0 Å². The van der Waals surface area contributed by atoms with E-state index in [9.17, 15) is 13.2 Å². The van der Waals surface area contributed by atoms with E-state index in [4.69, 9.17) is 5.73 Å². The van der Waals surface area contributed by atoms with Gasteiger partial charge in [0.15, 0.2) is 0 Å². The number of hydrogen-bond acceptors (Lipinski definition) is 4. The molecule has 2 rings (SSSR count). The van der Waals surface area contributed by atoms with Crippen molar-refractivity contribution in [3.05, 3.63) is 35.4 Å². The predicted octanol–water partition coefficient (Wildman–Crippen LogP) is -0.203. The van der Waals surface area contributed by atoms with Crippen LogP contribution >= 0.6 is 0 Å². The van der Waals surface area contributed by atoms with Gasteiger partial charge in [0.2, 0.25) is 15.9 Å². The molecule has 1 aliphatic heterocycles. The van der Waals surface area contributed by atoms with Crippen molar-refractivity contribution in [1.82, 2.24) is 9.62 Å². The van der Waals surface area contributed by atoms with Gasteiger partial charge in [-0.05, 0) is 11.1 Å². The van der Waals surface area contributed by atoms with E-state index in [0.717, 1.165) is 11.1 Å². The lowest BCUT2D eigenvalue weighted by Crippen LogP contribution is -2.35. The van der Waals surface area contributed by atoms with E-state index in [1.807, 2.05) is 12.1 Å². The zero-order valence-corrected chi connectivity index (χ0v) is 12.0. The summed E-state index contributed by atoms with van der Waals surface area (Å²) in [6.45, 7) is 1.22. The number of rotatable bonds is 4. The van der Waals surface area contributed by atoms with Gasteiger partial charge in [0, 0.05) is 32.6 Å². The molecule has 1 fully saturated rings. The lowest BCUT2D eigenvalue weighted by atomic mass is 10.1. The predicted molar refractivity (Wildman–Crippen MR) is 76.2 cm³/mol. The average Bonchev–Trinajstić information content (AvgIpc) is 2.64. The van der Waals surface area contributed by atoms with Crippen LogP contribution in [0.4, 0.5) is 0 Å². The molecule has 0 radical (unpaired) electrons. The second-order valence-corrected chi connectivity index (χ2v) is 6.70. The third-order valence-electron chi connectivity index (χ3n) is 3.34. The largest absolute Gasteiger partial charge is 0.355 e. The van der Waals surface area contributed by atoms with Crippen molar-refractivity contribution in [3.8, 4) is 0 Å². The minimum atomic E-state index is -3.43. The van der Waals surface area contributed by atoms with Crippen LogP contribution in [0.1, 0.15) is 17.5 Å². The second kappa shape index (κ2) is 6.34. The Bertz CT molecular complexity index is 586. The topological polar surface area (TPSA) is 92.5 Å². The minimum Gasteiger partial charge on any atom is -0.355 e. The monoisotopic (exact) mass is 297 g/mol. The first-order chi connectivity index (χ1) is 9.53. The van der Waals surface area contributed by atoms with E-state index < -0.39 is 10.0 Å². The van der Waals surface area contributed by atoms with Gasteiger partial charge in [0.25, 0.3) is 0 Å². The van der Waals surface area contributed by atoms with E-state index in [2.05, 4.69) is 5.32 Å². The zero-order chi connectivity index (χ0) is 14.6. The van der Waals surface area contributed by atoms with Crippen LogP contribution in [0.25, 0.3) is 0 Å². The maximum Gasteiger partial charge on any atom is 0.221 e. The number of carbonyl (C=O) groups is 1. The van der Waals surface area contributed by atoms with Gasteiger partial charge in [-0.1, -0.05) is 24.3 Å². The highest BCUT2D eigenvalue weighted by Crippen LogP contribution is 2.16. The Labute approximate surface area is 119 Å². The van der Waals surface area contributed by atoms with E-state index in [1.54, 1.807) is 12.1 Å². The van der Waals surface area contributed by atoms with Crippen LogP contribution in [-0.2, 0) is 27.1 Å². The molecule has 0 aromatic heterocycles. The van der Waals surface area contributed by atoms with Crippen LogP contribution in [0, 0.1) is 0 Å². The Balaban J connectivity index is 2.16. The Morgan fingerprint density at radius 2 is 1.90 bits per heavy atom. The number of amides is 1. The third-order valence-corrected chi connectivity index (χ3v) is 5.17. The summed E-state index contributed by atoms with van der Waals surface area (Å²) in [6.07, 6.45) is 0.206. The number of carbonyl (C=O) groups excluding carboxylic acids is 1. The van der Waals surface area contributed by atoms with Crippen molar-refractivity contribution in [2.24, 2.45) is 5.73 Å². The molecule has 0 bridgehead atoms. The summed E-state index contributed by atoms with van der Waals surface area (Å²) in [7, 11) is -3.43. The van der Waals surface area contributed by atoms with Gasteiger partial charge < -0.3 is 11.1 Å². The SMILES string of the molecule is NCc1ccccc1CS(=O)(=O)N1CCNC(=O)CC1. The molecule has 7 heteroatoms. The molecule has 1 saturated heterocycles. The molecule has 0 aliphatic carbocycles. The third kappa shape index (κ3) is 3.56. The van der Waals surface area contributed by atoms with Gasteiger partial charge >= 0.3 is 0 Å². The van der Waals surface area contributed by atoms with E-state index >= 15 is 0 Å². The normalized spacial score (nSPS) is 17.6. The first-order valence-electron chi connectivity index (χ1n) is 6.54. The van der Waals surface area contributed by atoms with Gasteiger partial charge in [0.1, 0.15) is 0 Å². The molecule has 0 atom stereocenters. The van der Waals surface area contributed by atoms with Crippen LogP contribution < -0.4 is 11.1 Å². The van der Waals surface area contributed by atoms with Crippen molar-refractivity contribution in [2.75, 3.05) is 19.6 Å². The van der Waals surface area contributed by atoms with Gasteiger partial charge in [-0.3, -0.25) is 4.79 Å². The molecule has 3 N–H and O–H groups in total. The summed E-state index contributed by atoms with van der Waals surface area (Å²) in [4.78, 5) is 11.3. The highest BCUT2D eigenvalue weighted by Gasteiger charge is 2.25.